The number of hydrogen-bond acceptors (Lipinski definition) is 2. The summed E-state index contributed by atoms with van der Waals surface area (Å²) in [7, 11) is -3.21. The van der Waals surface area contributed by atoms with Crippen molar-refractivity contribution in [1.29, 1.82) is 0 Å². The average molecular weight is 459 g/mol. The molecule has 0 fully saturated rings. The van der Waals surface area contributed by atoms with Crippen molar-refractivity contribution in [3.05, 3.63) is 0 Å². The molecule has 0 heterocycles. The molecule has 0 aliphatic rings. The Labute approximate surface area is 193 Å². The second-order valence-electron chi connectivity index (χ2n) is 10.3. The van der Waals surface area contributed by atoms with Crippen molar-refractivity contribution in [2.75, 3.05) is 0 Å². The first-order valence-corrected chi connectivity index (χ1v) is 18.7. The molecule has 0 bridgehead atoms. The van der Waals surface area contributed by atoms with Gasteiger partial charge in [0, 0.05) is 12.2 Å². The quantitative estimate of drug-likeness (QED) is 0.126. The third-order valence-corrected chi connectivity index (χ3v) is 16.0. The molecular formula is C26H58O2Si2. The van der Waals surface area contributed by atoms with E-state index in [2.05, 4.69) is 55.4 Å². The van der Waals surface area contributed by atoms with Crippen LogP contribution in [0.1, 0.15) is 120 Å². The molecule has 0 aromatic carbocycles. The SMILES string of the molecule is CCCC[Si](CCCC)(CCCC[Si](CCCC)(CCCC)OC(C)C)OC(C)C. The van der Waals surface area contributed by atoms with Gasteiger partial charge in [0.2, 0.25) is 0 Å². The zero-order chi connectivity index (χ0) is 22.9. The van der Waals surface area contributed by atoms with Crippen molar-refractivity contribution >= 4 is 16.6 Å². The summed E-state index contributed by atoms with van der Waals surface area (Å²) in [5.41, 5.74) is 0. The van der Waals surface area contributed by atoms with Gasteiger partial charge in [0.05, 0.1) is 0 Å². The van der Waals surface area contributed by atoms with E-state index in [9.17, 15) is 0 Å². The second kappa shape index (κ2) is 17.9. The number of unbranched alkanes of at least 4 members (excludes halogenated alkanes) is 5. The highest BCUT2D eigenvalue weighted by Gasteiger charge is 2.37. The molecule has 30 heavy (non-hydrogen) atoms. The van der Waals surface area contributed by atoms with E-state index in [1.54, 1.807) is 0 Å². The van der Waals surface area contributed by atoms with E-state index in [1.807, 2.05) is 0 Å². The molecular weight excluding hydrogens is 400 g/mol. The number of hydrogen-bond donors (Lipinski definition) is 0. The normalized spacial score (nSPS) is 13.0. The van der Waals surface area contributed by atoms with E-state index in [0.717, 1.165) is 0 Å². The molecule has 0 aliphatic heterocycles. The Bertz CT molecular complexity index is 333. The lowest BCUT2D eigenvalue weighted by Gasteiger charge is -2.36. The standard InChI is InChI=1S/C26H58O2Si2/c1-9-13-19-29(20-14-10-2,27-25(5)6)23-17-18-24-30(21-15-11-3,22-16-12-4)28-26(7)8/h25-26H,9-24H2,1-8H3. The topological polar surface area (TPSA) is 18.5 Å². The van der Waals surface area contributed by atoms with Gasteiger partial charge in [0.1, 0.15) is 0 Å². The van der Waals surface area contributed by atoms with Crippen molar-refractivity contribution in [2.45, 2.75) is 168 Å². The molecule has 0 saturated heterocycles. The first kappa shape index (κ1) is 30.4. The Kier molecular flexibility index (Phi) is 18.1. The van der Waals surface area contributed by atoms with Crippen LogP contribution in [0.3, 0.4) is 0 Å². The first-order chi connectivity index (χ1) is 14.3. The lowest BCUT2D eigenvalue weighted by atomic mass is 10.4. The van der Waals surface area contributed by atoms with Crippen LogP contribution in [-0.4, -0.2) is 28.8 Å². The van der Waals surface area contributed by atoms with Gasteiger partial charge in [-0.05, 0) is 64.0 Å². The molecule has 0 rings (SSSR count). The lowest BCUT2D eigenvalue weighted by molar-refractivity contribution is 0.218. The summed E-state index contributed by atoms with van der Waals surface area (Å²) in [6, 6.07) is 8.24. The highest BCUT2D eigenvalue weighted by molar-refractivity contribution is 6.74. The molecule has 0 atom stereocenters. The molecule has 0 radical (unpaired) electrons. The molecule has 4 heteroatoms. The van der Waals surface area contributed by atoms with E-state index in [4.69, 9.17) is 8.85 Å². The van der Waals surface area contributed by atoms with Crippen LogP contribution in [0.5, 0.6) is 0 Å². The minimum absolute atomic E-state index is 0.386. The summed E-state index contributed by atoms with van der Waals surface area (Å²) >= 11 is 0. The Morgan fingerprint density at radius 1 is 0.433 bits per heavy atom. The lowest BCUT2D eigenvalue weighted by Crippen LogP contribution is -2.42. The predicted octanol–water partition coefficient (Wildman–Crippen LogP) is 9.71. The van der Waals surface area contributed by atoms with Crippen molar-refractivity contribution in [3.63, 3.8) is 0 Å². The van der Waals surface area contributed by atoms with Crippen molar-refractivity contribution in [1.82, 2.24) is 0 Å². The zero-order valence-electron chi connectivity index (χ0n) is 22.3. The molecule has 2 nitrogen and oxygen atoms in total. The molecule has 0 aromatic rings. The summed E-state index contributed by atoms with van der Waals surface area (Å²) in [6.07, 6.45) is 14.1. The molecule has 0 aliphatic carbocycles. The Morgan fingerprint density at radius 3 is 0.867 bits per heavy atom. The fraction of sp³-hybridized carbons (Fsp3) is 1.00. The molecule has 0 spiro atoms. The summed E-state index contributed by atoms with van der Waals surface area (Å²) < 4.78 is 13.6. The van der Waals surface area contributed by atoms with Crippen LogP contribution in [0.25, 0.3) is 0 Å². The van der Waals surface area contributed by atoms with Gasteiger partial charge in [-0.25, -0.2) is 0 Å². The van der Waals surface area contributed by atoms with Gasteiger partial charge in [-0.3, -0.25) is 0 Å². The summed E-state index contributed by atoms with van der Waals surface area (Å²) in [5.74, 6) is 0. The van der Waals surface area contributed by atoms with Gasteiger partial charge in [-0.1, -0.05) is 91.9 Å². The Morgan fingerprint density at radius 2 is 0.667 bits per heavy atom. The van der Waals surface area contributed by atoms with Crippen molar-refractivity contribution in [3.8, 4) is 0 Å². The Balaban J connectivity index is 5.12. The van der Waals surface area contributed by atoms with Crippen LogP contribution >= 0.6 is 0 Å². The Hall–Kier alpha value is 0.354. The van der Waals surface area contributed by atoms with E-state index in [1.165, 1.54) is 100 Å². The molecule has 182 valence electrons. The average Bonchev–Trinajstić information content (AvgIpc) is 2.69. The maximum absolute atomic E-state index is 6.79. The third-order valence-electron chi connectivity index (χ3n) is 6.43. The maximum Gasteiger partial charge on any atom is 0.193 e. The van der Waals surface area contributed by atoms with Crippen molar-refractivity contribution < 1.29 is 8.85 Å². The van der Waals surface area contributed by atoms with Crippen molar-refractivity contribution in [2.24, 2.45) is 0 Å². The minimum Gasteiger partial charge on any atom is -0.414 e. The molecule has 0 aromatic heterocycles. The van der Waals surface area contributed by atoms with Gasteiger partial charge < -0.3 is 8.85 Å². The first-order valence-electron chi connectivity index (χ1n) is 13.6. The summed E-state index contributed by atoms with van der Waals surface area (Å²) in [6.45, 7) is 18.3. The van der Waals surface area contributed by atoms with Crippen LogP contribution in [0, 0.1) is 0 Å². The molecule has 0 amide bonds. The third kappa shape index (κ3) is 13.7. The van der Waals surface area contributed by atoms with Crippen LogP contribution in [0.15, 0.2) is 0 Å². The van der Waals surface area contributed by atoms with E-state index < -0.39 is 16.6 Å². The summed E-state index contributed by atoms with van der Waals surface area (Å²) in [5, 5.41) is 0. The van der Waals surface area contributed by atoms with Crippen LogP contribution in [0.4, 0.5) is 0 Å². The zero-order valence-corrected chi connectivity index (χ0v) is 24.3. The highest BCUT2D eigenvalue weighted by atomic mass is 28.4. The van der Waals surface area contributed by atoms with Crippen LogP contribution in [-0.2, 0) is 8.85 Å². The second-order valence-corrected chi connectivity index (χ2v) is 18.5. The van der Waals surface area contributed by atoms with Gasteiger partial charge in [0.15, 0.2) is 16.6 Å². The molecule has 0 N–H and O–H groups in total. The highest BCUT2D eigenvalue weighted by Crippen LogP contribution is 2.34. The monoisotopic (exact) mass is 458 g/mol. The van der Waals surface area contributed by atoms with Crippen LogP contribution < -0.4 is 0 Å². The summed E-state index contributed by atoms with van der Waals surface area (Å²) in [4.78, 5) is 0. The fourth-order valence-corrected chi connectivity index (χ4v) is 15.0. The largest absolute Gasteiger partial charge is 0.414 e. The predicted molar refractivity (Wildman–Crippen MR) is 142 cm³/mol. The van der Waals surface area contributed by atoms with Gasteiger partial charge >= 0.3 is 0 Å². The fourth-order valence-electron chi connectivity index (χ4n) is 4.99. The van der Waals surface area contributed by atoms with Crippen LogP contribution in [0.2, 0.25) is 36.3 Å². The molecule has 0 unspecified atom stereocenters. The minimum atomic E-state index is -1.61. The van der Waals surface area contributed by atoms with Gasteiger partial charge in [0.25, 0.3) is 0 Å². The molecule has 0 saturated carbocycles. The van der Waals surface area contributed by atoms with E-state index in [0.29, 0.717) is 12.2 Å². The van der Waals surface area contributed by atoms with Gasteiger partial charge in [-0.15, -0.1) is 0 Å². The van der Waals surface area contributed by atoms with Gasteiger partial charge in [-0.2, -0.15) is 0 Å². The maximum atomic E-state index is 6.79. The van der Waals surface area contributed by atoms with E-state index >= 15 is 0 Å². The number of rotatable bonds is 21. The smallest absolute Gasteiger partial charge is 0.193 e. The van der Waals surface area contributed by atoms with E-state index in [-0.39, 0.29) is 0 Å².